The van der Waals surface area contributed by atoms with E-state index >= 15 is 0 Å². The fourth-order valence-electron chi connectivity index (χ4n) is 6.67. The molecule has 0 bridgehead atoms. The van der Waals surface area contributed by atoms with Gasteiger partial charge in [0.1, 0.15) is 0 Å². The summed E-state index contributed by atoms with van der Waals surface area (Å²) in [6, 6.07) is 13.9. The van der Waals surface area contributed by atoms with Crippen molar-refractivity contribution < 1.29 is 19.8 Å². The zero-order valence-corrected chi connectivity index (χ0v) is 41.8. The molecule has 0 saturated carbocycles. The van der Waals surface area contributed by atoms with Gasteiger partial charge in [-0.1, -0.05) is 178 Å². The predicted octanol–water partition coefficient (Wildman–Crippen LogP) is 13.7. The fourth-order valence-corrected chi connectivity index (χ4v) is 6.92. The van der Waals surface area contributed by atoms with Crippen LogP contribution in [-0.2, 0) is 9.59 Å². The second kappa shape index (κ2) is 44.3. The summed E-state index contributed by atoms with van der Waals surface area (Å²) in [7, 11) is 0. The number of carboxylic acid groups (broad SMARTS) is 2. The molecule has 0 unspecified atom stereocenters. The van der Waals surface area contributed by atoms with Crippen LogP contribution in [0.25, 0.3) is 0 Å². The van der Waals surface area contributed by atoms with Gasteiger partial charge >= 0.3 is 11.9 Å². The molecule has 0 atom stereocenters. The van der Waals surface area contributed by atoms with Gasteiger partial charge in [0.05, 0.1) is 0 Å². The lowest BCUT2D eigenvalue weighted by Gasteiger charge is -2.13. The third kappa shape index (κ3) is 43.3. The van der Waals surface area contributed by atoms with Gasteiger partial charge in [-0.05, 0) is 74.2 Å². The van der Waals surface area contributed by atoms with Gasteiger partial charge in [0.15, 0.2) is 23.8 Å². The molecule has 0 heterocycles. The Bertz CT molecular complexity index is 1450. The Kier molecular flexibility index (Phi) is 41.2. The first-order valence-corrected chi connectivity index (χ1v) is 25.5. The Hall–Kier alpha value is -4.56. The van der Waals surface area contributed by atoms with E-state index < -0.39 is 11.9 Å². The molecule has 0 aromatic heterocycles. The van der Waals surface area contributed by atoms with Crippen LogP contribution in [0.1, 0.15) is 194 Å². The fraction of sp³-hybridized carbons (Fsp3) is 0.640. The van der Waals surface area contributed by atoms with Crippen molar-refractivity contribution >= 4 is 70.4 Å². The number of benzene rings is 2. The summed E-state index contributed by atoms with van der Waals surface area (Å²) >= 11 is 11.7. The minimum atomic E-state index is -0.657. The van der Waals surface area contributed by atoms with Crippen LogP contribution >= 0.6 is 23.2 Å². The van der Waals surface area contributed by atoms with Crippen molar-refractivity contribution in [1.29, 1.82) is 21.6 Å². The lowest BCUT2D eigenvalue weighted by molar-refractivity contribution is -0.138. The van der Waals surface area contributed by atoms with E-state index in [2.05, 4.69) is 45.7 Å². The normalized spacial score (nSPS) is 10.3. The highest BCUT2D eigenvalue weighted by Crippen LogP contribution is 2.15. The van der Waals surface area contributed by atoms with Crippen molar-refractivity contribution in [2.45, 2.75) is 194 Å². The highest BCUT2D eigenvalue weighted by Gasteiger charge is 2.04. The van der Waals surface area contributed by atoms with Gasteiger partial charge < -0.3 is 31.5 Å². The molecule has 12 N–H and O–H groups in total. The van der Waals surface area contributed by atoms with Gasteiger partial charge in [-0.3, -0.25) is 41.9 Å². The average Bonchev–Trinajstić information content (AvgIpc) is 3.27. The van der Waals surface area contributed by atoms with Crippen molar-refractivity contribution in [2.24, 2.45) is 0 Å². The molecule has 0 fully saturated rings. The molecule has 0 aliphatic carbocycles. The number of hydrogen-bond donors (Lipinski definition) is 12. The zero-order chi connectivity index (χ0) is 48.9. The van der Waals surface area contributed by atoms with Crippen molar-refractivity contribution in [3.8, 4) is 0 Å². The standard InChI is InChI=1S/C22H30Cl2N10.2C14H28O2/c23-15-5-9-17(10-6-15)31-21(27)33-19(25)29-13-3-1-2-4-14-30-20(26)34-22(28)32-18-11-7-16(24)8-12-18;2*1-2-3-4-5-6-7-8-9-10-11-12-13-14(15)16/h5-12H,1-4,13-14H2,(H5,25,27,29,31,33)(H5,26,28,30,32,34);2*2-13H2,1H3,(H,15,16). The SMILES string of the molecule is CCCCCCCCCCCCCC(=O)O.CCCCCCCCCCCCCC(=O)O.N=C(NCCCCCCNC(=N)NC(=N)Nc1ccc(Cl)cc1)NC(=N)Nc1ccc(Cl)cc1. The van der Waals surface area contributed by atoms with E-state index in [9.17, 15) is 9.59 Å². The second-order valence-corrected chi connectivity index (χ2v) is 17.5. The first kappa shape index (κ1) is 61.4. The van der Waals surface area contributed by atoms with Gasteiger partial charge in [-0.15, -0.1) is 0 Å². The number of carbonyl (C=O) groups is 2. The Balaban J connectivity index is 0.00000110. The minimum absolute atomic E-state index is 0.00148. The molecule has 0 aliphatic rings. The highest BCUT2D eigenvalue weighted by atomic mass is 35.5. The summed E-state index contributed by atoms with van der Waals surface area (Å²) in [5, 5.41) is 66.4. The maximum atomic E-state index is 10.3. The molecule has 14 nitrogen and oxygen atoms in total. The lowest BCUT2D eigenvalue weighted by atomic mass is 10.1. The summed E-state index contributed by atoms with van der Waals surface area (Å²) in [6.07, 6.45) is 32.4. The van der Waals surface area contributed by atoms with Crippen molar-refractivity contribution in [3.05, 3.63) is 58.6 Å². The zero-order valence-electron chi connectivity index (χ0n) is 40.3. The molecule has 0 amide bonds. The number of carboxylic acids is 2. The molecular formula is C50H86Cl2N10O4. The summed E-state index contributed by atoms with van der Waals surface area (Å²) in [6.45, 7) is 5.74. The van der Waals surface area contributed by atoms with Crippen LogP contribution < -0.4 is 31.9 Å². The van der Waals surface area contributed by atoms with Crippen molar-refractivity contribution in [2.75, 3.05) is 23.7 Å². The van der Waals surface area contributed by atoms with Gasteiger partial charge in [0.25, 0.3) is 0 Å². The monoisotopic (exact) mass is 961 g/mol. The summed E-state index contributed by atoms with van der Waals surface area (Å²) in [5.74, 6) is -1.20. The maximum Gasteiger partial charge on any atom is 0.303 e. The van der Waals surface area contributed by atoms with Crippen LogP contribution in [0, 0.1) is 21.6 Å². The Morgan fingerprint density at radius 3 is 0.939 bits per heavy atom. The van der Waals surface area contributed by atoms with E-state index in [0.717, 1.165) is 51.4 Å². The molecule has 66 heavy (non-hydrogen) atoms. The Labute approximate surface area is 407 Å². The first-order chi connectivity index (χ1) is 31.9. The summed E-state index contributed by atoms with van der Waals surface area (Å²) in [5.41, 5.74) is 1.42. The molecule has 2 aromatic rings. The van der Waals surface area contributed by atoms with E-state index in [1.807, 2.05) is 0 Å². The maximum absolute atomic E-state index is 10.3. The smallest absolute Gasteiger partial charge is 0.303 e. The topological polar surface area (TPSA) is 242 Å². The third-order valence-electron chi connectivity index (χ3n) is 10.4. The highest BCUT2D eigenvalue weighted by molar-refractivity contribution is 6.31. The van der Waals surface area contributed by atoms with Crippen LogP contribution in [0.5, 0.6) is 0 Å². The van der Waals surface area contributed by atoms with Gasteiger partial charge in [0.2, 0.25) is 0 Å². The third-order valence-corrected chi connectivity index (χ3v) is 10.9. The molecule has 0 saturated heterocycles. The number of anilines is 2. The Morgan fingerprint density at radius 1 is 0.409 bits per heavy atom. The number of aliphatic carboxylic acids is 2. The lowest BCUT2D eigenvalue weighted by Crippen LogP contribution is -2.43. The first-order valence-electron chi connectivity index (χ1n) is 24.7. The summed E-state index contributed by atoms with van der Waals surface area (Å²) < 4.78 is 0. The molecule has 16 heteroatoms. The van der Waals surface area contributed by atoms with Gasteiger partial charge in [-0.2, -0.15) is 0 Å². The molecule has 374 valence electrons. The largest absolute Gasteiger partial charge is 0.481 e. The second-order valence-electron chi connectivity index (χ2n) is 16.6. The number of halogens is 2. The minimum Gasteiger partial charge on any atom is -0.481 e. The quantitative estimate of drug-likeness (QED) is 0.0183. The molecular weight excluding hydrogens is 876 g/mol. The number of nitrogens with one attached hydrogen (secondary N) is 10. The number of rotatable bonds is 33. The van der Waals surface area contributed by atoms with Crippen LogP contribution in [-0.4, -0.2) is 59.1 Å². The van der Waals surface area contributed by atoms with E-state index in [1.165, 1.54) is 116 Å². The van der Waals surface area contributed by atoms with Crippen molar-refractivity contribution in [3.63, 3.8) is 0 Å². The van der Waals surface area contributed by atoms with Gasteiger partial charge in [-0.25, -0.2) is 0 Å². The van der Waals surface area contributed by atoms with Crippen molar-refractivity contribution in [1.82, 2.24) is 21.3 Å². The van der Waals surface area contributed by atoms with E-state index in [1.54, 1.807) is 48.5 Å². The molecule has 0 spiro atoms. The summed E-state index contributed by atoms with van der Waals surface area (Å²) in [4.78, 5) is 20.5. The van der Waals surface area contributed by atoms with Gasteiger partial charge in [0, 0.05) is 47.4 Å². The number of hydrogen-bond acceptors (Lipinski definition) is 6. The van der Waals surface area contributed by atoms with Crippen LogP contribution in [0.3, 0.4) is 0 Å². The number of guanidine groups is 4. The van der Waals surface area contributed by atoms with Crippen LogP contribution in [0.2, 0.25) is 10.0 Å². The van der Waals surface area contributed by atoms with Crippen LogP contribution in [0.15, 0.2) is 48.5 Å². The van der Waals surface area contributed by atoms with E-state index in [-0.39, 0.29) is 23.8 Å². The van der Waals surface area contributed by atoms with E-state index in [0.29, 0.717) is 47.4 Å². The predicted molar refractivity (Wildman–Crippen MR) is 279 cm³/mol. The average molecular weight is 962 g/mol. The Morgan fingerprint density at radius 2 is 0.667 bits per heavy atom. The molecule has 0 aliphatic heterocycles. The molecule has 2 aromatic carbocycles. The van der Waals surface area contributed by atoms with E-state index in [4.69, 9.17) is 55.1 Å². The van der Waals surface area contributed by atoms with Crippen LogP contribution in [0.4, 0.5) is 11.4 Å². The molecule has 2 rings (SSSR count). The number of unbranched alkanes of at least 4 members (excludes halogenated alkanes) is 23. The molecule has 0 radical (unpaired) electrons.